The third-order valence-electron chi connectivity index (χ3n) is 9.03. The van der Waals surface area contributed by atoms with Crippen molar-refractivity contribution in [3.63, 3.8) is 0 Å². The third kappa shape index (κ3) is 7.64. The Morgan fingerprint density at radius 1 is 0.833 bits per heavy atom. The highest BCUT2D eigenvalue weighted by Crippen LogP contribution is 2.39. The number of carbonyl (C=O) groups excluding carboxylic acids is 1. The zero-order chi connectivity index (χ0) is 34.6. The van der Waals surface area contributed by atoms with Crippen molar-refractivity contribution < 1.29 is 14.3 Å². The Kier molecular flexibility index (Phi) is 10.4. The molecule has 1 aromatic heterocycles. The van der Waals surface area contributed by atoms with Gasteiger partial charge in [0, 0.05) is 21.2 Å². The predicted molar refractivity (Wildman–Crippen MR) is 196 cm³/mol. The van der Waals surface area contributed by atoms with E-state index in [9.17, 15) is 9.59 Å². The van der Waals surface area contributed by atoms with Crippen LogP contribution < -0.4 is 20.3 Å². The molecule has 5 aromatic rings. The highest BCUT2D eigenvalue weighted by molar-refractivity contribution is 6.31. The van der Waals surface area contributed by atoms with Gasteiger partial charge in [0.05, 0.1) is 11.4 Å². The lowest BCUT2D eigenvalue weighted by molar-refractivity contribution is -0.118. The number of hydrogen-bond acceptors (Lipinski definition) is 4. The quantitative estimate of drug-likeness (QED) is 0.137. The van der Waals surface area contributed by atoms with Crippen LogP contribution in [0.3, 0.4) is 0 Å². The van der Waals surface area contributed by atoms with Crippen molar-refractivity contribution in [3.8, 4) is 34.2 Å². The lowest BCUT2D eigenvalue weighted by Gasteiger charge is -2.30. The molecule has 2 N–H and O–H groups in total. The predicted octanol–water partition coefficient (Wildman–Crippen LogP) is 10.3. The zero-order valence-corrected chi connectivity index (χ0v) is 29.6. The van der Waals surface area contributed by atoms with Crippen LogP contribution in [0.15, 0.2) is 95.8 Å². The molecule has 250 valence electrons. The topological polar surface area (TPSA) is 85.3 Å². The number of halogens is 2. The Balaban J connectivity index is 1.45. The SMILES string of the molecule is CCC(C)(C)c1ccc(OCC(=O)Nc2ccccc2-n2[nH]c(-c3ccc(Cl)cc3)c(Oc3cccc(Cl)c3)c2=O)c(C(C)(C)CC)c1. The van der Waals surface area contributed by atoms with Gasteiger partial charge in [-0.3, -0.25) is 14.7 Å². The zero-order valence-electron chi connectivity index (χ0n) is 28.1. The number of carbonyl (C=O) groups is 1. The number of benzene rings is 4. The van der Waals surface area contributed by atoms with Crippen molar-refractivity contribution in [2.45, 2.75) is 65.2 Å². The molecule has 0 atom stereocenters. The van der Waals surface area contributed by atoms with Gasteiger partial charge in [0.2, 0.25) is 5.75 Å². The van der Waals surface area contributed by atoms with Crippen LogP contribution in [0.2, 0.25) is 10.0 Å². The number of anilines is 1. The molecule has 0 saturated carbocycles. The highest BCUT2D eigenvalue weighted by atomic mass is 35.5. The van der Waals surface area contributed by atoms with E-state index in [-0.39, 0.29) is 29.1 Å². The first-order chi connectivity index (χ1) is 22.8. The summed E-state index contributed by atoms with van der Waals surface area (Å²) >= 11 is 12.3. The number of nitrogens with one attached hydrogen (secondary N) is 2. The second-order valence-corrected chi connectivity index (χ2v) is 13.9. The summed E-state index contributed by atoms with van der Waals surface area (Å²) in [5.74, 6) is 0.770. The van der Waals surface area contributed by atoms with Crippen molar-refractivity contribution in [1.29, 1.82) is 0 Å². The number of nitrogens with zero attached hydrogens (tertiary/aromatic N) is 1. The molecule has 0 radical (unpaired) electrons. The first-order valence-corrected chi connectivity index (χ1v) is 16.8. The normalized spacial score (nSPS) is 11.8. The van der Waals surface area contributed by atoms with Crippen LogP contribution in [0, 0.1) is 0 Å². The number of rotatable bonds is 12. The molecule has 4 aromatic carbocycles. The molecule has 0 fully saturated rings. The van der Waals surface area contributed by atoms with E-state index < -0.39 is 5.56 Å². The summed E-state index contributed by atoms with van der Waals surface area (Å²) in [7, 11) is 0. The standard InChI is InChI=1S/C39H41Cl2N3O4/c1-7-38(3,4)26-18-21-33(30(22-26)39(5,6)8-2)47-24-34(45)42-31-14-9-10-15-32(31)44-37(46)36(48-29-13-11-12-28(41)23-29)35(43-44)25-16-19-27(40)20-17-25/h9-23,43H,7-8,24H2,1-6H3,(H,42,45). The van der Waals surface area contributed by atoms with Crippen molar-refractivity contribution in [1.82, 2.24) is 9.78 Å². The number of aromatic nitrogens is 2. The second-order valence-electron chi connectivity index (χ2n) is 13.1. The van der Waals surface area contributed by atoms with Crippen LogP contribution in [-0.4, -0.2) is 22.3 Å². The molecule has 0 aliphatic carbocycles. The fourth-order valence-electron chi connectivity index (χ4n) is 5.25. The molecule has 1 heterocycles. The number of amides is 1. The van der Waals surface area contributed by atoms with Crippen LogP contribution in [0.1, 0.15) is 65.5 Å². The smallest absolute Gasteiger partial charge is 0.314 e. The lowest BCUT2D eigenvalue weighted by Crippen LogP contribution is -2.25. The van der Waals surface area contributed by atoms with Crippen LogP contribution in [0.4, 0.5) is 5.69 Å². The second kappa shape index (κ2) is 14.3. The van der Waals surface area contributed by atoms with Crippen LogP contribution in [-0.2, 0) is 15.6 Å². The average Bonchev–Trinajstić information content (AvgIpc) is 3.39. The highest BCUT2D eigenvalue weighted by Gasteiger charge is 2.27. The van der Waals surface area contributed by atoms with Gasteiger partial charge in [0.1, 0.15) is 17.2 Å². The lowest BCUT2D eigenvalue weighted by atomic mass is 9.76. The molecule has 7 nitrogen and oxygen atoms in total. The van der Waals surface area contributed by atoms with Gasteiger partial charge < -0.3 is 14.8 Å². The van der Waals surface area contributed by atoms with E-state index in [1.54, 1.807) is 72.8 Å². The molecular weight excluding hydrogens is 645 g/mol. The van der Waals surface area contributed by atoms with E-state index in [1.165, 1.54) is 10.2 Å². The molecular formula is C39H41Cl2N3O4. The summed E-state index contributed by atoms with van der Waals surface area (Å²) in [6.07, 6.45) is 1.91. The van der Waals surface area contributed by atoms with Gasteiger partial charge >= 0.3 is 5.56 Å². The van der Waals surface area contributed by atoms with E-state index in [0.29, 0.717) is 44.2 Å². The first-order valence-electron chi connectivity index (χ1n) is 16.0. The van der Waals surface area contributed by atoms with Gasteiger partial charge in [-0.2, -0.15) is 0 Å². The Bertz CT molecular complexity index is 1980. The van der Waals surface area contributed by atoms with E-state index in [1.807, 2.05) is 6.07 Å². The van der Waals surface area contributed by atoms with Crippen molar-refractivity contribution >= 4 is 34.8 Å². The van der Waals surface area contributed by atoms with Crippen molar-refractivity contribution in [3.05, 3.63) is 123 Å². The maximum absolute atomic E-state index is 14.0. The Hall–Kier alpha value is -4.46. The molecule has 0 unspecified atom stereocenters. The minimum atomic E-state index is -0.459. The van der Waals surface area contributed by atoms with Gasteiger partial charge in [0.25, 0.3) is 5.91 Å². The third-order valence-corrected chi connectivity index (χ3v) is 9.52. The first kappa shape index (κ1) is 34.9. The largest absolute Gasteiger partial charge is 0.483 e. The molecule has 5 rings (SSSR count). The Morgan fingerprint density at radius 2 is 1.54 bits per heavy atom. The number of aromatic amines is 1. The van der Waals surface area contributed by atoms with E-state index in [0.717, 1.165) is 18.4 Å². The summed E-state index contributed by atoms with van der Waals surface area (Å²) in [6.45, 7) is 13.0. The molecule has 0 spiro atoms. The van der Waals surface area contributed by atoms with E-state index >= 15 is 0 Å². The summed E-state index contributed by atoms with van der Waals surface area (Å²) < 4.78 is 13.6. The molecule has 0 bridgehead atoms. The van der Waals surface area contributed by atoms with Crippen LogP contribution in [0.5, 0.6) is 17.2 Å². The molecule has 0 saturated heterocycles. The number of ether oxygens (including phenoxy) is 2. The molecule has 0 aliphatic rings. The molecule has 1 amide bonds. The number of hydrogen-bond donors (Lipinski definition) is 2. The van der Waals surface area contributed by atoms with Crippen LogP contribution in [0.25, 0.3) is 16.9 Å². The summed E-state index contributed by atoms with van der Waals surface area (Å²) in [5, 5.41) is 7.14. The minimum Gasteiger partial charge on any atom is -0.483 e. The van der Waals surface area contributed by atoms with E-state index in [2.05, 4.69) is 64.1 Å². The molecule has 9 heteroatoms. The summed E-state index contributed by atoms with van der Waals surface area (Å²) in [5.41, 5.74) is 3.66. The van der Waals surface area contributed by atoms with Gasteiger partial charge in [-0.1, -0.05) is 107 Å². The van der Waals surface area contributed by atoms with Crippen molar-refractivity contribution in [2.75, 3.05) is 11.9 Å². The Labute approximate surface area is 291 Å². The fourth-order valence-corrected chi connectivity index (χ4v) is 5.56. The fraction of sp³-hybridized carbons (Fsp3) is 0.282. The van der Waals surface area contributed by atoms with Crippen LogP contribution >= 0.6 is 23.2 Å². The van der Waals surface area contributed by atoms with Gasteiger partial charge in [0.15, 0.2) is 6.61 Å². The van der Waals surface area contributed by atoms with Gasteiger partial charge in [-0.05, 0) is 77.8 Å². The number of H-pyrrole nitrogens is 1. The maximum Gasteiger partial charge on any atom is 0.314 e. The van der Waals surface area contributed by atoms with Gasteiger partial charge in [-0.15, -0.1) is 0 Å². The maximum atomic E-state index is 14.0. The van der Waals surface area contributed by atoms with Gasteiger partial charge in [-0.25, -0.2) is 4.68 Å². The molecule has 48 heavy (non-hydrogen) atoms. The summed E-state index contributed by atoms with van der Waals surface area (Å²) in [4.78, 5) is 27.3. The summed E-state index contributed by atoms with van der Waals surface area (Å²) in [6, 6.07) is 27.2. The van der Waals surface area contributed by atoms with E-state index in [4.69, 9.17) is 32.7 Å². The molecule has 0 aliphatic heterocycles. The Morgan fingerprint density at radius 3 is 2.23 bits per heavy atom. The average molecular weight is 687 g/mol. The number of para-hydroxylation sites is 2. The van der Waals surface area contributed by atoms with Crippen molar-refractivity contribution in [2.24, 2.45) is 0 Å². The monoisotopic (exact) mass is 685 g/mol. The minimum absolute atomic E-state index is 0.0144.